The third-order valence-corrected chi connectivity index (χ3v) is 4.61. The minimum atomic E-state index is -3.43. The van der Waals surface area contributed by atoms with Crippen molar-refractivity contribution in [3.8, 4) is 0 Å². The fourth-order valence-electron chi connectivity index (χ4n) is 2.16. The van der Waals surface area contributed by atoms with Crippen LogP contribution >= 0.6 is 0 Å². The topological polar surface area (TPSA) is 72.5 Å². The molecule has 0 radical (unpaired) electrons. The number of ether oxygens (including phenoxy) is 1. The van der Waals surface area contributed by atoms with E-state index in [1.165, 1.54) is 0 Å². The molecule has 0 unspecified atom stereocenters. The molecule has 110 valence electrons. The molecule has 1 amide bonds. The summed E-state index contributed by atoms with van der Waals surface area (Å²) in [6, 6.07) is 8.86. The number of amides is 1. The van der Waals surface area contributed by atoms with Gasteiger partial charge >= 0.3 is 0 Å². The van der Waals surface area contributed by atoms with Crippen LogP contribution < -0.4 is 5.32 Å². The fraction of sp³-hybridized carbons (Fsp3) is 0.500. The highest BCUT2D eigenvalue weighted by Gasteiger charge is 2.20. The summed E-state index contributed by atoms with van der Waals surface area (Å²) < 4.78 is 29.2. The van der Waals surface area contributed by atoms with Gasteiger partial charge in [0.05, 0.1) is 11.9 Å². The van der Waals surface area contributed by atoms with Crippen molar-refractivity contribution in [3.63, 3.8) is 0 Å². The van der Waals surface area contributed by atoms with Gasteiger partial charge in [-0.3, -0.25) is 4.79 Å². The Kier molecular flexibility index (Phi) is 5.14. The van der Waals surface area contributed by atoms with Gasteiger partial charge in [-0.25, -0.2) is 8.42 Å². The minimum Gasteiger partial charge on any atom is -0.376 e. The van der Waals surface area contributed by atoms with Gasteiger partial charge in [-0.1, -0.05) is 30.3 Å². The molecule has 0 aromatic heterocycles. The Morgan fingerprint density at radius 3 is 2.70 bits per heavy atom. The first-order valence-corrected chi connectivity index (χ1v) is 8.50. The Hall–Kier alpha value is -1.40. The Labute approximate surface area is 119 Å². The Bertz CT molecular complexity index is 536. The second-order valence-corrected chi connectivity index (χ2v) is 7.02. The summed E-state index contributed by atoms with van der Waals surface area (Å²) in [4.78, 5) is 11.7. The normalized spacial score (nSPS) is 18.9. The summed E-state index contributed by atoms with van der Waals surface area (Å²) in [6.07, 6.45) is 1.93. The molecule has 1 N–H and O–H groups in total. The average Bonchev–Trinajstić information content (AvgIpc) is 2.89. The van der Waals surface area contributed by atoms with Crippen molar-refractivity contribution in [2.75, 3.05) is 18.9 Å². The van der Waals surface area contributed by atoms with Crippen molar-refractivity contribution < 1.29 is 17.9 Å². The first-order valence-electron chi connectivity index (χ1n) is 6.68. The highest BCUT2D eigenvalue weighted by Crippen LogP contribution is 2.10. The number of rotatable bonds is 6. The lowest BCUT2D eigenvalue weighted by Crippen LogP contribution is -2.36. The van der Waals surface area contributed by atoms with Crippen molar-refractivity contribution in [1.82, 2.24) is 5.32 Å². The molecule has 20 heavy (non-hydrogen) atoms. The van der Waals surface area contributed by atoms with E-state index in [4.69, 9.17) is 4.74 Å². The Morgan fingerprint density at radius 2 is 2.05 bits per heavy atom. The molecular weight excluding hydrogens is 278 g/mol. The maximum Gasteiger partial charge on any atom is 0.235 e. The molecule has 0 bridgehead atoms. The van der Waals surface area contributed by atoms with E-state index in [2.05, 4.69) is 5.32 Å². The minimum absolute atomic E-state index is 0.0239. The van der Waals surface area contributed by atoms with Crippen molar-refractivity contribution in [2.24, 2.45) is 0 Å². The van der Waals surface area contributed by atoms with Crippen LogP contribution in [0.2, 0.25) is 0 Å². The molecule has 0 saturated carbocycles. The van der Waals surface area contributed by atoms with Crippen LogP contribution in [-0.4, -0.2) is 39.3 Å². The lowest BCUT2D eigenvalue weighted by Gasteiger charge is -2.11. The largest absolute Gasteiger partial charge is 0.376 e. The highest BCUT2D eigenvalue weighted by atomic mass is 32.2. The van der Waals surface area contributed by atoms with E-state index < -0.39 is 21.5 Å². The van der Waals surface area contributed by atoms with Gasteiger partial charge in [-0.05, 0) is 18.4 Å². The molecule has 0 spiro atoms. The zero-order chi connectivity index (χ0) is 14.4. The van der Waals surface area contributed by atoms with Crippen LogP contribution in [-0.2, 0) is 25.1 Å². The molecule has 1 aliphatic heterocycles. The van der Waals surface area contributed by atoms with E-state index in [0.29, 0.717) is 18.7 Å². The molecule has 1 aromatic carbocycles. The Balaban J connectivity index is 1.80. The summed E-state index contributed by atoms with van der Waals surface area (Å²) in [5.41, 5.74) is 0.694. The van der Waals surface area contributed by atoms with Crippen molar-refractivity contribution >= 4 is 15.7 Å². The quantitative estimate of drug-likeness (QED) is 0.846. The van der Waals surface area contributed by atoms with E-state index in [1.807, 2.05) is 6.07 Å². The van der Waals surface area contributed by atoms with Crippen molar-refractivity contribution in [2.45, 2.75) is 24.7 Å². The predicted molar refractivity (Wildman–Crippen MR) is 75.9 cm³/mol. The molecule has 0 aliphatic carbocycles. The summed E-state index contributed by atoms with van der Waals surface area (Å²) in [7, 11) is -3.43. The summed E-state index contributed by atoms with van der Waals surface area (Å²) in [5.74, 6) is -1.05. The zero-order valence-corrected chi connectivity index (χ0v) is 12.1. The summed E-state index contributed by atoms with van der Waals surface area (Å²) in [5, 5.41) is 2.62. The van der Waals surface area contributed by atoms with Gasteiger partial charge in [0, 0.05) is 13.2 Å². The van der Waals surface area contributed by atoms with Crippen LogP contribution in [0.3, 0.4) is 0 Å². The van der Waals surface area contributed by atoms with Crippen molar-refractivity contribution in [3.05, 3.63) is 35.9 Å². The lowest BCUT2D eigenvalue weighted by molar-refractivity contribution is -0.119. The molecule has 1 aromatic rings. The number of nitrogens with one attached hydrogen (secondary N) is 1. The molecular formula is C14H19NO4S. The smallest absolute Gasteiger partial charge is 0.235 e. The second kappa shape index (κ2) is 6.85. The summed E-state index contributed by atoms with van der Waals surface area (Å²) in [6.45, 7) is 1.10. The molecule has 6 heteroatoms. The van der Waals surface area contributed by atoms with E-state index in [0.717, 1.165) is 12.8 Å². The predicted octanol–water partition coefficient (Wildman–Crippen LogP) is 0.897. The van der Waals surface area contributed by atoms with Crippen LogP contribution in [0, 0.1) is 0 Å². The Morgan fingerprint density at radius 1 is 1.30 bits per heavy atom. The van der Waals surface area contributed by atoms with Gasteiger partial charge < -0.3 is 10.1 Å². The zero-order valence-electron chi connectivity index (χ0n) is 11.2. The van der Waals surface area contributed by atoms with E-state index in [1.54, 1.807) is 24.3 Å². The van der Waals surface area contributed by atoms with Gasteiger partial charge in [0.25, 0.3) is 0 Å². The van der Waals surface area contributed by atoms with Gasteiger partial charge in [-0.2, -0.15) is 0 Å². The summed E-state index contributed by atoms with van der Waals surface area (Å²) >= 11 is 0. The van der Waals surface area contributed by atoms with Crippen LogP contribution in [0.25, 0.3) is 0 Å². The van der Waals surface area contributed by atoms with E-state index in [-0.39, 0.29) is 11.9 Å². The number of hydrogen-bond donors (Lipinski definition) is 1. The number of hydrogen-bond acceptors (Lipinski definition) is 4. The van der Waals surface area contributed by atoms with Crippen molar-refractivity contribution in [1.29, 1.82) is 0 Å². The van der Waals surface area contributed by atoms with E-state index >= 15 is 0 Å². The van der Waals surface area contributed by atoms with E-state index in [9.17, 15) is 13.2 Å². The average molecular weight is 297 g/mol. The van der Waals surface area contributed by atoms with Crippen LogP contribution in [0.15, 0.2) is 30.3 Å². The number of sulfone groups is 1. The van der Waals surface area contributed by atoms with Gasteiger partial charge in [-0.15, -0.1) is 0 Å². The van der Waals surface area contributed by atoms with Gasteiger partial charge in [0.15, 0.2) is 9.84 Å². The first kappa shape index (κ1) is 15.0. The van der Waals surface area contributed by atoms with Crippen LogP contribution in [0.1, 0.15) is 18.4 Å². The molecule has 2 rings (SSSR count). The number of carbonyl (C=O) groups is 1. The SMILES string of the molecule is O=C(CS(=O)(=O)Cc1ccccc1)NC[C@H]1CCCO1. The molecule has 1 atom stereocenters. The van der Waals surface area contributed by atoms with Crippen LogP contribution in [0.5, 0.6) is 0 Å². The number of benzene rings is 1. The van der Waals surface area contributed by atoms with Gasteiger partial charge in [0.2, 0.25) is 5.91 Å². The molecule has 5 nitrogen and oxygen atoms in total. The molecule has 1 aliphatic rings. The maximum atomic E-state index is 11.9. The van der Waals surface area contributed by atoms with Gasteiger partial charge in [0.1, 0.15) is 5.75 Å². The number of carbonyl (C=O) groups excluding carboxylic acids is 1. The standard InChI is InChI=1S/C14H19NO4S/c16-14(15-9-13-7-4-8-19-13)11-20(17,18)10-12-5-2-1-3-6-12/h1-3,5-6,13H,4,7-11H2,(H,15,16)/t13-/m1/s1. The second-order valence-electron chi connectivity index (χ2n) is 4.96. The third kappa shape index (κ3) is 4.94. The lowest BCUT2D eigenvalue weighted by atomic mass is 10.2. The van der Waals surface area contributed by atoms with Crippen LogP contribution in [0.4, 0.5) is 0 Å². The fourth-order valence-corrected chi connectivity index (χ4v) is 3.47. The monoisotopic (exact) mass is 297 g/mol. The maximum absolute atomic E-state index is 11.9. The third-order valence-electron chi connectivity index (χ3n) is 3.13. The molecule has 1 saturated heterocycles. The first-order chi connectivity index (χ1) is 9.55. The molecule has 1 heterocycles. The molecule has 1 fully saturated rings. The highest BCUT2D eigenvalue weighted by molar-refractivity contribution is 7.91.